The van der Waals surface area contributed by atoms with E-state index in [4.69, 9.17) is 5.11 Å². The smallest absolute Gasteiger partial charge is 0.416 e. The summed E-state index contributed by atoms with van der Waals surface area (Å²) in [4.78, 5) is 27.5. The van der Waals surface area contributed by atoms with Crippen molar-refractivity contribution >= 4 is 11.9 Å². The van der Waals surface area contributed by atoms with Crippen LogP contribution in [0.25, 0.3) is 0 Å². The number of likely N-dealkylation sites (tertiary alicyclic amines) is 1. The molecule has 0 bridgehead atoms. The fraction of sp³-hybridized carbons (Fsp3) is 0.579. The van der Waals surface area contributed by atoms with Crippen molar-refractivity contribution in [3.05, 3.63) is 35.4 Å². The van der Waals surface area contributed by atoms with Gasteiger partial charge < -0.3 is 10.0 Å². The zero-order valence-corrected chi connectivity index (χ0v) is 14.9. The Labute approximate surface area is 155 Å². The van der Waals surface area contributed by atoms with E-state index in [0.717, 1.165) is 31.4 Å². The summed E-state index contributed by atoms with van der Waals surface area (Å²) in [6, 6.07) is 5.01. The first kappa shape index (κ1) is 19.7. The van der Waals surface area contributed by atoms with Crippen molar-refractivity contribution in [2.24, 2.45) is 5.92 Å². The van der Waals surface area contributed by atoms with E-state index in [0.29, 0.717) is 25.1 Å². The summed E-state index contributed by atoms with van der Waals surface area (Å²) in [7, 11) is 0. The highest BCUT2D eigenvalue weighted by atomic mass is 19.4. The number of benzene rings is 1. The summed E-state index contributed by atoms with van der Waals surface area (Å²) in [5.41, 5.74) is -0.0473. The van der Waals surface area contributed by atoms with E-state index in [-0.39, 0.29) is 25.0 Å². The summed E-state index contributed by atoms with van der Waals surface area (Å²) < 4.78 is 38.1. The monoisotopic (exact) mass is 384 g/mol. The predicted molar refractivity (Wildman–Crippen MR) is 91.8 cm³/mol. The molecule has 1 unspecified atom stereocenters. The van der Waals surface area contributed by atoms with Crippen molar-refractivity contribution in [2.75, 3.05) is 19.6 Å². The van der Waals surface area contributed by atoms with Crippen LogP contribution in [0, 0.1) is 5.92 Å². The van der Waals surface area contributed by atoms with Crippen molar-refractivity contribution < 1.29 is 27.9 Å². The molecule has 27 heavy (non-hydrogen) atoms. The number of halogens is 3. The van der Waals surface area contributed by atoms with Crippen molar-refractivity contribution in [3.8, 4) is 0 Å². The number of piperidine rings is 1. The van der Waals surface area contributed by atoms with E-state index in [2.05, 4.69) is 0 Å². The Morgan fingerprint density at radius 3 is 2.37 bits per heavy atom. The van der Waals surface area contributed by atoms with E-state index in [9.17, 15) is 22.8 Å². The molecule has 1 aromatic rings. The Kier molecular flexibility index (Phi) is 5.74. The van der Waals surface area contributed by atoms with Crippen LogP contribution in [0.5, 0.6) is 0 Å². The summed E-state index contributed by atoms with van der Waals surface area (Å²) in [6.07, 6.45) is -1.22. The highest BCUT2D eigenvalue weighted by Crippen LogP contribution is 2.31. The van der Waals surface area contributed by atoms with Gasteiger partial charge in [0.25, 0.3) is 0 Å². The largest absolute Gasteiger partial charge is 0.481 e. The van der Waals surface area contributed by atoms with Crippen LogP contribution in [-0.2, 0) is 22.3 Å². The number of alkyl halides is 3. The molecule has 0 spiro atoms. The van der Waals surface area contributed by atoms with Crippen molar-refractivity contribution in [1.82, 2.24) is 9.80 Å². The molecule has 1 saturated heterocycles. The van der Waals surface area contributed by atoms with E-state index in [1.807, 2.05) is 4.90 Å². The lowest BCUT2D eigenvalue weighted by atomic mass is 9.98. The SMILES string of the molecule is O=C(O)C1CCCN(CC(=O)N(Cc2ccc(C(F)(F)F)cc2)C2CC2)C1. The maximum atomic E-state index is 12.8. The molecule has 1 aliphatic carbocycles. The molecule has 0 radical (unpaired) electrons. The third kappa shape index (κ3) is 5.22. The molecule has 0 aromatic heterocycles. The molecule has 3 rings (SSSR count). The zero-order valence-electron chi connectivity index (χ0n) is 14.9. The normalized spacial score (nSPS) is 21.1. The highest BCUT2D eigenvalue weighted by molar-refractivity contribution is 5.79. The van der Waals surface area contributed by atoms with Crippen LogP contribution in [0.1, 0.15) is 36.8 Å². The van der Waals surface area contributed by atoms with E-state index in [1.165, 1.54) is 12.1 Å². The molecule has 2 fully saturated rings. The topological polar surface area (TPSA) is 60.9 Å². The second-order valence-electron chi connectivity index (χ2n) is 7.36. The number of carbonyl (C=O) groups excluding carboxylic acids is 1. The molecule has 1 saturated carbocycles. The van der Waals surface area contributed by atoms with Gasteiger partial charge >= 0.3 is 12.1 Å². The van der Waals surface area contributed by atoms with Crippen LogP contribution in [0.4, 0.5) is 13.2 Å². The Morgan fingerprint density at radius 2 is 1.81 bits per heavy atom. The van der Waals surface area contributed by atoms with Crippen molar-refractivity contribution in [2.45, 2.75) is 44.4 Å². The Balaban J connectivity index is 1.62. The fourth-order valence-corrected chi connectivity index (χ4v) is 3.49. The first-order valence-corrected chi connectivity index (χ1v) is 9.15. The second kappa shape index (κ2) is 7.88. The number of hydrogen-bond donors (Lipinski definition) is 1. The molecule has 5 nitrogen and oxygen atoms in total. The molecule has 148 valence electrons. The van der Waals surface area contributed by atoms with Crippen LogP contribution < -0.4 is 0 Å². The number of nitrogens with zero attached hydrogens (tertiary/aromatic N) is 2. The highest BCUT2D eigenvalue weighted by Gasteiger charge is 2.35. The standard InChI is InChI=1S/C19H23F3N2O3/c20-19(21,22)15-5-3-13(4-6-15)10-24(16-7-8-16)17(25)12-23-9-1-2-14(11-23)18(26)27/h3-6,14,16H,1-2,7-12H2,(H,26,27). The first-order chi connectivity index (χ1) is 12.7. The van der Waals surface area contributed by atoms with Gasteiger partial charge in [-0.3, -0.25) is 14.5 Å². The number of carboxylic acids is 1. The second-order valence-corrected chi connectivity index (χ2v) is 7.36. The van der Waals surface area contributed by atoms with Gasteiger partial charge in [-0.1, -0.05) is 12.1 Å². The number of rotatable bonds is 6. The summed E-state index contributed by atoms with van der Waals surface area (Å²) in [6.45, 7) is 1.48. The molecular formula is C19H23F3N2O3. The van der Waals surface area contributed by atoms with Gasteiger partial charge in [0.2, 0.25) is 5.91 Å². The number of aliphatic carboxylic acids is 1. The maximum absolute atomic E-state index is 12.8. The average Bonchev–Trinajstić information content (AvgIpc) is 3.44. The number of hydrogen-bond acceptors (Lipinski definition) is 3. The predicted octanol–water partition coefficient (Wildman–Crippen LogP) is 2.99. The molecule has 1 N–H and O–H groups in total. The third-order valence-corrected chi connectivity index (χ3v) is 5.16. The molecule has 8 heteroatoms. The van der Waals surface area contributed by atoms with E-state index < -0.39 is 23.6 Å². The minimum Gasteiger partial charge on any atom is -0.481 e. The Bertz CT molecular complexity index is 686. The van der Waals surface area contributed by atoms with Gasteiger partial charge in [0, 0.05) is 19.1 Å². The third-order valence-electron chi connectivity index (χ3n) is 5.16. The molecule has 1 heterocycles. The van der Waals surface area contributed by atoms with Gasteiger partial charge in [0.15, 0.2) is 0 Å². The lowest BCUT2D eigenvalue weighted by molar-refractivity contribution is -0.145. The quantitative estimate of drug-likeness (QED) is 0.819. The average molecular weight is 384 g/mol. The van der Waals surface area contributed by atoms with Gasteiger partial charge in [0.1, 0.15) is 0 Å². The maximum Gasteiger partial charge on any atom is 0.416 e. The van der Waals surface area contributed by atoms with Crippen LogP contribution in [-0.4, -0.2) is 52.5 Å². The summed E-state index contributed by atoms with van der Waals surface area (Å²) >= 11 is 0. The van der Waals surface area contributed by atoms with Gasteiger partial charge in [-0.2, -0.15) is 13.2 Å². The Morgan fingerprint density at radius 1 is 1.15 bits per heavy atom. The molecule has 1 aliphatic heterocycles. The molecule has 1 atom stereocenters. The lowest BCUT2D eigenvalue weighted by Gasteiger charge is -2.32. The van der Waals surface area contributed by atoms with Gasteiger partial charge in [-0.25, -0.2) is 0 Å². The molecule has 1 aromatic carbocycles. The van der Waals surface area contributed by atoms with Gasteiger partial charge in [-0.05, 0) is 49.9 Å². The van der Waals surface area contributed by atoms with E-state index >= 15 is 0 Å². The number of amides is 1. The lowest BCUT2D eigenvalue weighted by Crippen LogP contribution is -2.46. The van der Waals surface area contributed by atoms with Crippen LogP contribution in [0.15, 0.2) is 24.3 Å². The summed E-state index contributed by atoms with van der Waals surface area (Å²) in [5.74, 6) is -1.38. The molecule has 1 amide bonds. The Hall–Kier alpha value is -2.09. The van der Waals surface area contributed by atoms with E-state index in [1.54, 1.807) is 4.90 Å². The minimum atomic E-state index is -4.38. The van der Waals surface area contributed by atoms with Crippen LogP contribution in [0.2, 0.25) is 0 Å². The number of carboxylic acid groups (broad SMARTS) is 1. The first-order valence-electron chi connectivity index (χ1n) is 9.15. The summed E-state index contributed by atoms with van der Waals surface area (Å²) in [5, 5.41) is 9.17. The zero-order chi connectivity index (χ0) is 19.6. The van der Waals surface area contributed by atoms with Crippen LogP contribution >= 0.6 is 0 Å². The minimum absolute atomic E-state index is 0.0940. The van der Waals surface area contributed by atoms with Crippen molar-refractivity contribution in [1.29, 1.82) is 0 Å². The van der Waals surface area contributed by atoms with Crippen molar-refractivity contribution in [3.63, 3.8) is 0 Å². The van der Waals surface area contributed by atoms with Gasteiger partial charge in [0.05, 0.1) is 18.0 Å². The van der Waals surface area contributed by atoms with Gasteiger partial charge in [-0.15, -0.1) is 0 Å². The fourth-order valence-electron chi connectivity index (χ4n) is 3.49. The van der Waals surface area contributed by atoms with Crippen LogP contribution in [0.3, 0.4) is 0 Å². The molecule has 2 aliphatic rings. The molecular weight excluding hydrogens is 361 g/mol. The number of carbonyl (C=O) groups is 2.